The largest absolute Gasteiger partial charge is 0.486 e. The van der Waals surface area contributed by atoms with Crippen molar-refractivity contribution in [3.63, 3.8) is 0 Å². The van der Waals surface area contributed by atoms with E-state index in [1.54, 1.807) is 36.5 Å². The van der Waals surface area contributed by atoms with Gasteiger partial charge in [0.05, 0.1) is 11.9 Å². The standard InChI is InChI=1S/C21H18ClN3O3/c1-13-10-14(22)2-5-17(13)24-16-3-6-18(23-12-16)21(26)25-15-4-7-19-20(11-15)28-9-8-27-19/h2-7,10-12,24H,8-9H2,1H3,(H,25,26). The second-order valence-electron chi connectivity index (χ2n) is 6.33. The minimum Gasteiger partial charge on any atom is -0.486 e. The molecule has 6 nitrogen and oxygen atoms in total. The van der Waals surface area contributed by atoms with Crippen LogP contribution in [-0.2, 0) is 0 Å². The van der Waals surface area contributed by atoms with Crippen LogP contribution in [0.1, 0.15) is 16.1 Å². The minimum absolute atomic E-state index is 0.300. The van der Waals surface area contributed by atoms with Gasteiger partial charge in [-0.1, -0.05) is 11.6 Å². The number of rotatable bonds is 4. The van der Waals surface area contributed by atoms with Crippen molar-refractivity contribution in [2.24, 2.45) is 0 Å². The molecule has 2 aromatic carbocycles. The highest BCUT2D eigenvalue weighted by molar-refractivity contribution is 6.30. The Kier molecular flexibility index (Phi) is 5.04. The van der Waals surface area contributed by atoms with Crippen LogP contribution in [0.25, 0.3) is 0 Å². The number of nitrogens with one attached hydrogen (secondary N) is 2. The van der Waals surface area contributed by atoms with E-state index in [9.17, 15) is 4.79 Å². The van der Waals surface area contributed by atoms with Gasteiger partial charge in [0.2, 0.25) is 0 Å². The van der Waals surface area contributed by atoms with E-state index in [2.05, 4.69) is 15.6 Å². The van der Waals surface area contributed by atoms with Gasteiger partial charge in [0.1, 0.15) is 18.9 Å². The number of amides is 1. The maximum Gasteiger partial charge on any atom is 0.274 e. The Bertz CT molecular complexity index is 1020. The van der Waals surface area contributed by atoms with E-state index in [1.807, 2.05) is 25.1 Å². The highest BCUT2D eigenvalue weighted by Crippen LogP contribution is 2.32. The van der Waals surface area contributed by atoms with Crippen LogP contribution in [0.5, 0.6) is 11.5 Å². The number of pyridine rings is 1. The molecule has 0 fully saturated rings. The molecule has 1 amide bonds. The lowest BCUT2D eigenvalue weighted by atomic mass is 10.2. The summed E-state index contributed by atoms with van der Waals surface area (Å²) in [6, 6.07) is 14.4. The smallest absolute Gasteiger partial charge is 0.274 e. The van der Waals surface area contributed by atoms with Gasteiger partial charge >= 0.3 is 0 Å². The summed E-state index contributed by atoms with van der Waals surface area (Å²) in [5.41, 5.74) is 3.66. The fraction of sp³-hybridized carbons (Fsp3) is 0.143. The zero-order chi connectivity index (χ0) is 19.5. The molecule has 142 valence electrons. The molecule has 0 unspecified atom stereocenters. The first-order chi connectivity index (χ1) is 13.6. The number of ether oxygens (including phenoxy) is 2. The van der Waals surface area contributed by atoms with E-state index in [-0.39, 0.29) is 5.91 Å². The summed E-state index contributed by atoms with van der Waals surface area (Å²) in [6.07, 6.45) is 1.62. The van der Waals surface area contributed by atoms with E-state index in [0.717, 1.165) is 16.9 Å². The molecule has 0 saturated heterocycles. The molecule has 0 saturated carbocycles. The van der Waals surface area contributed by atoms with Crippen molar-refractivity contribution in [2.45, 2.75) is 6.92 Å². The lowest BCUT2D eigenvalue weighted by Crippen LogP contribution is -2.17. The topological polar surface area (TPSA) is 72.5 Å². The first-order valence-corrected chi connectivity index (χ1v) is 9.16. The number of fused-ring (bicyclic) bond motifs is 1. The molecule has 0 bridgehead atoms. The van der Waals surface area contributed by atoms with Gasteiger partial charge < -0.3 is 20.1 Å². The molecular formula is C21H18ClN3O3. The number of hydrogen-bond donors (Lipinski definition) is 2. The molecule has 28 heavy (non-hydrogen) atoms. The molecule has 4 rings (SSSR count). The Balaban J connectivity index is 1.44. The average Bonchev–Trinajstić information content (AvgIpc) is 2.70. The van der Waals surface area contributed by atoms with Crippen LogP contribution in [0.4, 0.5) is 17.1 Å². The van der Waals surface area contributed by atoms with E-state index in [0.29, 0.717) is 41.1 Å². The quantitative estimate of drug-likeness (QED) is 0.663. The number of benzene rings is 2. The zero-order valence-corrected chi connectivity index (χ0v) is 15.9. The van der Waals surface area contributed by atoms with Crippen molar-refractivity contribution >= 4 is 34.6 Å². The van der Waals surface area contributed by atoms with Crippen LogP contribution in [0.2, 0.25) is 5.02 Å². The van der Waals surface area contributed by atoms with Gasteiger partial charge in [0.25, 0.3) is 5.91 Å². The molecule has 1 aromatic heterocycles. The minimum atomic E-state index is -0.300. The van der Waals surface area contributed by atoms with Gasteiger partial charge in [-0.25, -0.2) is 4.98 Å². The summed E-state index contributed by atoms with van der Waals surface area (Å²) in [7, 11) is 0. The number of carbonyl (C=O) groups excluding carboxylic acids is 1. The average molecular weight is 396 g/mol. The van der Waals surface area contributed by atoms with E-state index >= 15 is 0 Å². The lowest BCUT2D eigenvalue weighted by Gasteiger charge is -2.19. The molecule has 1 aliphatic heterocycles. The first-order valence-electron chi connectivity index (χ1n) is 8.79. The number of hydrogen-bond acceptors (Lipinski definition) is 5. The normalized spacial score (nSPS) is 12.4. The SMILES string of the molecule is Cc1cc(Cl)ccc1Nc1ccc(C(=O)Nc2ccc3c(c2)OCCO3)nc1. The van der Waals surface area contributed by atoms with Crippen LogP contribution < -0.4 is 20.1 Å². The Morgan fingerprint density at radius 2 is 1.79 bits per heavy atom. The van der Waals surface area contributed by atoms with Crippen molar-refractivity contribution < 1.29 is 14.3 Å². The molecule has 1 aliphatic rings. The van der Waals surface area contributed by atoms with Crippen molar-refractivity contribution in [3.8, 4) is 11.5 Å². The zero-order valence-electron chi connectivity index (χ0n) is 15.2. The van der Waals surface area contributed by atoms with Crippen LogP contribution in [0, 0.1) is 6.92 Å². The third-order valence-electron chi connectivity index (χ3n) is 4.26. The summed E-state index contributed by atoms with van der Waals surface area (Å²) >= 11 is 5.98. The summed E-state index contributed by atoms with van der Waals surface area (Å²) in [6.45, 7) is 2.99. The Morgan fingerprint density at radius 3 is 2.54 bits per heavy atom. The number of halogens is 1. The third-order valence-corrected chi connectivity index (χ3v) is 4.50. The van der Waals surface area contributed by atoms with Gasteiger partial charge in [-0.3, -0.25) is 4.79 Å². The third kappa shape index (κ3) is 4.02. The molecule has 7 heteroatoms. The maximum atomic E-state index is 12.5. The second-order valence-corrected chi connectivity index (χ2v) is 6.77. The van der Waals surface area contributed by atoms with Crippen LogP contribution in [0.3, 0.4) is 0 Å². The first kappa shape index (κ1) is 18.1. The molecule has 3 aromatic rings. The predicted molar refractivity (Wildman–Crippen MR) is 109 cm³/mol. The number of nitrogens with zero attached hydrogens (tertiary/aromatic N) is 1. The fourth-order valence-electron chi connectivity index (χ4n) is 2.84. The number of carbonyl (C=O) groups is 1. The predicted octanol–water partition coefficient (Wildman–Crippen LogP) is 4.81. The van der Waals surface area contributed by atoms with Crippen molar-refractivity contribution in [2.75, 3.05) is 23.8 Å². The van der Waals surface area contributed by atoms with Gasteiger partial charge in [-0.15, -0.1) is 0 Å². The fourth-order valence-corrected chi connectivity index (χ4v) is 3.07. The van der Waals surface area contributed by atoms with Gasteiger partial charge in [-0.05, 0) is 55.0 Å². The summed E-state index contributed by atoms with van der Waals surface area (Å²) in [5, 5.41) is 6.77. The van der Waals surface area contributed by atoms with E-state index in [1.165, 1.54) is 0 Å². The van der Waals surface area contributed by atoms with Crippen molar-refractivity contribution in [1.82, 2.24) is 4.98 Å². The van der Waals surface area contributed by atoms with Crippen LogP contribution in [0.15, 0.2) is 54.7 Å². The Morgan fingerprint density at radius 1 is 1.00 bits per heavy atom. The van der Waals surface area contributed by atoms with Crippen LogP contribution in [-0.4, -0.2) is 24.1 Å². The van der Waals surface area contributed by atoms with E-state index in [4.69, 9.17) is 21.1 Å². The molecule has 0 aliphatic carbocycles. The molecule has 2 N–H and O–H groups in total. The maximum absolute atomic E-state index is 12.5. The van der Waals surface area contributed by atoms with Crippen molar-refractivity contribution in [3.05, 3.63) is 71.0 Å². The molecule has 0 radical (unpaired) electrons. The molecule has 2 heterocycles. The summed E-state index contributed by atoms with van der Waals surface area (Å²) in [5.74, 6) is 0.996. The summed E-state index contributed by atoms with van der Waals surface area (Å²) in [4.78, 5) is 16.7. The lowest BCUT2D eigenvalue weighted by molar-refractivity contribution is 0.102. The molecule has 0 spiro atoms. The molecular weight excluding hydrogens is 378 g/mol. The van der Waals surface area contributed by atoms with Gasteiger partial charge in [0, 0.05) is 22.5 Å². The second kappa shape index (κ2) is 7.78. The summed E-state index contributed by atoms with van der Waals surface area (Å²) < 4.78 is 11.0. The monoisotopic (exact) mass is 395 g/mol. The van der Waals surface area contributed by atoms with Crippen molar-refractivity contribution in [1.29, 1.82) is 0 Å². The number of aromatic nitrogens is 1. The Labute approximate surface area is 167 Å². The highest BCUT2D eigenvalue weighted by Gasteiger charge is 2.14. The Hall–Kier alpha value is -3.25. The molecule has 0 atom stereocenters. The van der Waals surface area contributed by atoms with Gasteiger partial charge in [0.15, 0.2) is 11.5 Å². The number of anilines is 3. The number of aryl methyl sites for hydroxylation is 1. The highest BCUT2D eigenvalue weighted by atomic mass is 35.5. The van der Waals surface area contributed by atoms with E-state index < -0.39 is 0 Å². The van der Waals surface area contributed by atoms with Crippen LogP contribution >= 0.6 is 11.6 Å². The van der Waals surface area contributed by atoms with Gasteiger partial charge in [-0.2, -0.15) is 0 Å².